The smallest absolute Gasteiger partial charge is 0.347 e. The van der Waals surface area contributed by atoms with Gasteiger partial charge in [-0.25, -0.2) is 9.78 Å². The third-order valence-electron chi connectivity index (χ3n) is 2.91. The van der Waals surface area contributed by atoms with Gasteiger partial charge in [-0.1, -0.05) is 32.1 Å². The molecular weight excluding hydrogens is 304 g/mol. The van der Waals surface area contributed by atoms with Gasteiger partial charge in [-0.15, -0.1) is 11.3 Å². The van der Waals surface area contributed by atoms with E-state index in [1.165, 1.54) is 12.1 Å². The SMILES string of the molecule is CC(C)c1nc(/C=C/c2cccc([N+](=O)[O-])c2)sc1C(=O)O. The van der Waals surface area contributed by atoms with Crippen molar-refractivity contribution < 1.29 is 14.8 Å². The number of benzene rings is 1. The number of nitro benzene ring substituents is 1. The lowest BCUT2D eigenvalue weighted by Crippen LogP contribution is -2.00. The molecule has 1 N–H and O–H groups in total. The van der Waals surface area contributed by atoms with Gasteiger partial charge in [-0.2, -0.15) is 0 Å². The van der Waals surface area contributed by atoms with Gasteiger partial charge in [0.1, 0.15) is 9.88 Å². The molecule has 1 aromatic heterocycles. The number of carboxylic acid groups (broad SMARTS) is 1. The molecule has 114 valence electrons. The zero-order valence-corrected chi connectivity index (χ0v) is 12.8. The number of carbonyl (C=O) groups is 1. The van der Waals surface area contributed by atoms with Crippen molar-refractivity contribution in [1.82, 2.24) is 4.98 Å². The zero-order valence-electron chi connectivity index (χ0n) is 12.0. The third-order valence-corrected chi connectivity index (χ3v) is 3.93. The molecule has 2 rings (SSSR count). The fraction of sp³-hybridized carbons (Fsp3) is 0.200. The molecule has 6 nitrogen and oxygen atoms in total. The molecular formula is C15H14N2O4S. The average Bonchev–Trinajstić information content (AvgIpc) is 2.90. The van der Waals surface area contributed by atoms with Gasteiger partial charge in [0.2, 0.25) is 0 Å². The van der Waals surface area contributed by atoms with Crippen LogP contribution in [0, 0.1) is 10.1 Å². The van der Waals surface area contributed by atoms with Crippen molar-refractivity contribution in [3.63, 3.8) is 0 Å². The number of thiazole rings is 1. The van der Waals surface area contributed by atoms with Crippen molar-refractivity contribution in [3.8, 4) is 0 Å². The Morgan fingerprint density at radius 3 is 2.68 bits per heavy atom. The Morgan fingerprint density at radius 2 is 2.14 bits per heavy atom. The van der Waals surface area contributed by atoms with E-state index < -0.39 is 10.9 Å². The van der Waals surface area contributed by atoms with E-state index >= 15 is 0 Å². The minimum atomic E-state index is -0.990. The minimum Gasteiger partial charge on any atom is -0.477 e. The molecule has 1 heterocycles. The molecule has 0 saturated heterocycles. The summed E-state index contributed by atoms with van der Waals surface area (Å²) in [5.41, 5.74) is 1.22. The lowest BCUT2D eigenvalue weighted by Gasteiger charge is -2.00. The summed E-state index contributed by atoms with van der Waals surface area (Å²) < 4.78 is 0. The maximum Gasteiger partial charge on any atom is 0.347 e. The van der Waals surface area contributed by atoms with E-state index in [2.05, 4.69) is 4.98 Å². The van der Waals surface area contributed by atoms with Gasteiger partial charge in [0, 0.05) is 12.1 Å². The van der Waals surface area contributed by atoms with Crippen LogP contribution in [0.25, 0.3) is 12.2 Å². The molecule has 22 heavy (non-hydrogen) atoms. The number of nitrogens with zero attached hydrogens (tertiary/aromatic N) is 2. The Balaban J connectivity index is 2.30. The number of hydrogen-bond donors (Lipinski definition) is 1. The molecule has 0 atom stereocenters. The molecule has 0 aliphatic heterocycles. The summed E-state index contributed by atoms with van der Waals surface area (Å²) in [4.78, 5) is 26.0. The van der Waals surface area contributed by atoms with Gasteiger partial charge >= 0.3 is 5.97 Å². The van der Waals surface area contributed by atoms with Gasteiger partial charge in [0.25, 0.3) is 5.69 Å². The Kier molecular flexibility index (Phi) is 4.67. The van der Waals surface area contributed by atoms with E-state index in [9.17, 15) is 20.0 Å². The second-order valence-corrected chi connectivity index (χ2v) is 5.94. The summed E-state index contributed by atoms with van der Waals surface area (Å²) >= 11 is 1.09. The van der Waals surface area contributed by atoms with E-state index in [0.717, 1.165) is 11.3 Å². The topological polar surface area (TPSA) is 93.3 Å². The summed E-state index contributed by atoms with van der Waals surface area (Å²) in [6, 6.07) is 6.20. The highest BCUT2D eigenvalue weighted by atomic mass is 32.1. The summed E-state index contributed by atoms with van der Waals surface area (Å²) in [6.45, 7) is 3.77. The Labute approximate surface area is 130 Å². The van der Waals surface area contributed by atoms with Crippen LogP contribution in [-0.4, -0.2) is 21.0 Å². The molecule has 2 aromatic rings. The Morgan fingerprint density at radius 1 is 1.41 bits per heavy atom. The number of rotatable bonds is 5. The molecule has 0 radical (unpaired) electrons. The number of non-ortho nitro benzene ring substituents is 1. The average molecular weight is 318 g/mol. The highest BCUT2D eigenvalue weighted by molar-refractivity contribution is 7.14. The highest BCUT2D eigenvalue weighted by Gasteiger charge is 2.18. The normalized spacial score (nSPS) is 11.2. The number of hydrogen-bond acceptors (Lipinski definition) is 5. The molecule has 0 spiro atoms. The third kappa shape index (κ3) is 3.56. The van der Waals surface area contributed by atoms with E-state index in [-0.39, 0.29) is 16.5 Å². The largest absolute Gasteiger partial charge is 0.477 e. The van der Waals surface area contributed by atoms with Crippen LogP contribution in [-0.2, 0) is 0 Å². The Bertz CT molecular complexity index is 750. The van der Waals surface area contributed by atoms with Gasteiger partial charge in [0.15, 0.2) is 0 Å². The quantitative estimate of drug-likeness (QED) is 0.663. The van der Waals surface area contributed by atoms with Crippen LogP contribution in [0.15, 0.2) is 24.3 Å². The van der Waals surface area contributed by atoms with Crippen LogP contribution in [0.1, 0.15) is 45.7 Å². The zero-order chi connectivity index (χ0) is 16.3. The van der Waals surface area contributed by atoms with Crippen molar-refractivity contribution in [2.75, 3.05) is 0 Å². The first-order valence-corrected chi connectivity index (χ1v) is 7.36. The number of aromatic carboxylic acids is 1. The molecule has 0 aliphatic rings. The molecule has 0 bridgehead atoms. The van der Waals surface area contributed by atoms with Gasteiger partial charge in [0.05, 0.1) is 10.6 Å². The first kappa shape index (κ1) is 15.8. The highest BCUT2D eigenvalue weighted by Crippen LogP contribution is 2.26. The number of carboxylic acids is 1. The van der Waals surface area contributed by atoms with Crippen molar-refractivity contribution in [3.05, 3.63) is 55.5 Å². The maximum absolute atomic E-state index is 11.2. The summed E-state index contributed by atoms with van der Waals surface area (Å²) in [5.74, 6) is -0.974. The summed E-state index contributed by atoms with van der Waals surface area (Å²) in [7, 11) is 0. The van der Waals surface area contributed by atoms with Crippen LogP contribution in [0.3, 0.4) is 0 Å². The van der Waals surface area contributed by atoms with E-state index in [1.54, 1.807) is 24.3 Å². The van der Waals surface area contributed by atoms with Crippen LogP contribution >= 0.6 is 11.3 Å². The number of aromatic nitrogens is 1. The molecule has 0 fully saturated rings. The predicted molar refractivity (Wildman–Crippen MR) is 85.2 cm³/mol. The first-order chi connectivity index (χ1) is 10.4. The van der Waals surface area contributed by atoms with Crippen molar-refractivity contribution in [2.24, 2.45) is 0 Å². The predicted octanol–water partition coefficient (Wildman–Crippen LogP) is 4.04. The molecule has 1 aromatic carbocycles. The Hall–Kier alpha value is -2.54. The molecule has 0 aliphatic carbocycles. The van der Waals surface area contributed by atoms with Crippen molar-refractivity contribution in [2.45, 2.75) is 19.8 Å². The van der Waals surface area contributed by atoms with Gasteiger partial charge < -0.3 is 5.11 Å². The fourth-order valence-corrected chi connectivity index (χ4v) is 2.84. The monoisotopic (exact) mass is 318 g/mol. The van der Waals surface area contributed by atoms with E-state index in [0.29, 0.717) is 16.3 Å². The first-order valence-electron chi connectivity index (χ1n) is 6.55. The fourth-order valence-electron chi connectivity index (χ4n) is 1.87. The minimum absolute atomic E-state index is 0.00961. The van der Waals surface area contributed by atoms with Crippen LogP contribution < -0.4 is 0 Å². The second kappa shape index (κ2) is 6.48. The second-order valence-electron chi connectivity index (χ2n) is 4.91. The lowest BCUT2D eigenvalue weighted by atomic mass is 10.1. The standard InChI is InChI=1S/C15H14N2O4S/c1-9(2)13-14(15(18)19)22-12(16-13)7-6-10-4-3-5-11(8-10)17(20)21/h3-9H,1-2H3,(H,18,19)/b7-6+. The van der Waals surface area contributed by atoms with Gasteiger partial charge in [-0.05, 0) is 17.6 Å². The van der Waals surface area contributed by atoms with Crippen molar-refractivity contribution >= 4 is 35.1 Å². The summed E-state index contributed by atoms with van der Waals surface area (Å²) in [6.07, 6.45) is 3.35. The molecule has 7 heteroatoms. The van der Waals surface area contributed by atoms with Gasteiger partial charge in [-0.3, -0.25) is 10.1 Å². The molecule has 0 amide bonds. The van der Waals surface area contributed by atoms with Crippen molar-refractivity contribution in [1.29, 1.82) is 0 Å². The van der Waals surface area contributed by atoms with Crippen LogP contribution in [0.2, 0.25) is 0 Å². The lowest BCUT2D eigenvalue weighted by molar-refractivity contribution is -0.384. The van der Waals surface area contributed by atoms with E-state index in [4.69, 9.17) is 0 Å². The summed E-state index contributed by atoms with van der Waals surface area (Å²) in [5, 5.41) is 20.5. The number of nitro groups is 1. The van der Waals surface area contributed by atoms with Crippen LogP contribution in [0.4, 0.5) is 5.69 Å². The van der Waals surface area contributed by atoms with E-state index in [1.807, 2.05) is 13.8 Å². The van der Waals surface area contributed by atoms with Crippen LogP contribution in [0.5, 0.6) is 0 Å². The molecule has 0 unspecified atom stereocenters. The molecule has 0 saturated carbocycles. The maximum atomic E-state index is 11.2.